The summed E-state index contributed by atoms with van der Waals surface area (Å²) in [4.78, 5) is 0. The standard InChI is InChI=1S/C28H39FO/c1-2-3-4-5-6-8-23-10-12-24(13-11-23)9-7-22-30-28-20-16-26(17-21-28)25-14-18-27(29)19-15-25/h14-21,23-24H,2-13,22H2,1H3. The van der Waals surface area contributed by atoms with Crippen molar-refractivity contribution in [2.24, 2.45) is 11.8 Å². The zero-order valence-electron chi connectivity index (χ0n) is 18.8. The van der Waals surface area contributed by atoms with Gasteiger partial charge in [-0.25, -0.2) is 4.39 Å². The van der Waals surface area contributed by atoms with Crippen molar-refractivity contribution in [3.8, 4) is 16.9 Å². The van der Waals surface area contributed by atoms with Crippen LogP contribution in [0.2, 0.25) is 0 Å². The molecular formula is C28H39FO. The molecule has 0 spiro atoms. The maximum atomic E-state index is 13.1. The van der Waals surface area contributed by atoms with Crippen molar-refractivity contribution in [1.82, 2.24) is 0 Å². The molecule has 0 bridgehead atoms. The lowest BCUT2D eigenvalue weighted by atomic mass is 9.78. The van der Waals surface area contributed by atoms with E-state index in [-0.39, 0.29) is 5.82 Å². The second-order valence-corrected chi connectivity index (χ2v) is 9.11. The third-order valence-corrected chi connectivity index (χ3v) is 6.74. The van der Waals surface area contributed by atoms with Crippen molar-refractivity contribution in [2.75, 3.05) is 6.61 Å². The lowest BCUT2D eigenvalue weighted by molar-refractivity contribution is 0.228. The summed E-state index contributed by atoms with van der Waals surface area (Å²) in [5.74, 6) is 2.63. The number of hydrogen-bond acceptors (Lipinski definition) is 1. The number of halogens is 1. The van der Waals surface area contributed by atoms with Crippen molar-refractivity contribution < 1.29 is 9.13 Å². The molecule has 1 aliphatic rings. The smallest absolute Gasteiger partial charge is 0.123 e. The summed E-state index contributed by atoms with van der Waals surface area (Å²) >= 11 is 0. The second-order valence-electron chi connectivity index (χ2n) is 9.11. The Morgan fingerprint density at radius 2 is 1.23 bits per heavy atom. The van der Waals surface area contributed by atoms with E-state index in [0.717, 1.165) is 41.7 Å². The Kier molecular flexibility index (Phi) is 9.73. The maximum Gasteiger partial charge on any atom is 0.123 e. The van der Waals surface area contributed by atoms with Gasteiger partial charge in [-0.3, -0.25) is 0 Å². The summed E-state index contributed by atoms with van der Waals surface area (Å²) in [5, 5.41) is 0. The predicted octanol–water partition coefficient (Wildman–Crippen LogP) is 8.82. The van der Waals surface area contributed by atoms with Gasteiger partial charge in [-0.15, -0.1) is 0 Å². The first-order valence-electron chi connectivity index (χ1n) is 12.2. The summed E-state index contributed by atoms with van der Waals surface area (Å²) in [5.41, 5.74) is 2.11. The highest BCUT2D eigenvalue weighted by Gasteiger charge is 2.20. The van der Waals surface area contributed by atoms with E-state index >= 15 is 0 Å². The van der Waals surface area contributed by atoms with Gasteiger partial charge in [0.15, 0.2) is 0 Å². The van der Waals surface area contributed by atoms with Crippen LogP contribution in [0.1, 0.15) is 84.0 Å². The number of unbranched alkanes of at least 4 members (excludes halogenated alkanes) is 4. The molecular weight excluding hydrogens is 371 g/mol. The van der Waals surface area contributed by atoms with E-state index in [4.69, 9.17) is 4.74 Å². The minimum absolute atomic E-state index is 0.199. The summed E-state index contributed by atoms with van der Waals surface area (Å²) in [6.45, 7) is 3.09. The number of rotatable bonds is 12. The van der Waals surface area contributed by atoms with E-state index in [9.17, 15) is 4.39 Å². The molecule has 0 amide bonds. The van der Waals surface area contributed by atoms with Gasteiger partial charge in [0.25, 0.3) is 0 Å². The average Bonchev–Trinajstić information content (AvgIpc) is 2.78. The van der Waals surface area contributed by atoms with Crippen LogP contribution in [0.5, 0.6) is 5.75 Å². The molecule has 2 aromatic carbocycles. The molecule has 0 aromatic heterocycles. The molecule has 30 heavy (non-hydrogen) atoms. The number of benzene rings is 2. The van der Waals surface area contributed by atoms with E-state index in [1.165, 1.54) is 82.8 Å². The molecule has 3 rings (SSSR count). The fourth-order valence-electron chi connectivity index (χ4n) is 4.79. The van der Waals surface area contributed by atoms with Crippen LogP contribution in [-0.2, 0) is 0 Å². The fraction of sp³-hybridized carbons (Fsp3) is 0.571. The summed E-state index contributed by atoms with van der Waals surface area (Å²) in [7, 11) is 0. The van der Waals surface area contributed by atoms with Gasteiger partial charge < -0.3 is 4.74 Å². The summed E-state index contributed by atoms with van der Waals surface area (Å²) < 4.78 is 19.0. The van der Waals surface area contributed by atoms with Crippen LogP contribution in [0.15, 0.2) is 48.5 Å². The Bertz CT molecular complexity index is 698. The molecule has 0 N–H and O–H groups in total. The van der Waals surface area contributed by atoms with Crippen molar-refractivity contribution >= 4 is 0 Å². The molecule has 2 aromatic rings. The highest BCUT2D eigenvalue weighted by Crippen LogP contribution is 2.34. The predicted molar refractivity (Wildman–Crippen MR) is 125 cm³/mol. The highest BCUT2D eigenvalue weighted by molar-refractivity contribution is 5.63. The van der Waals surface area contributed by atoms with Crippen molar-refractivity contribution in [1.29, 1.82) is 0 Å². The van der Waals surface area contributed by atoms with Gasteiger partial charge >= 0.3 is 0 Å². The van der Waals surface area contributed by atoms with Crippen LogP contribution >= 0.6 is 0 Å². The second kappa shape index (κ2) is 12.8. The molecule has 1 nitrogen and oxygen atoms in total. The molecule has 0 radical (unpaired) electrons. The molecule has 2 heteroatoms. The Hall–Kier alpha value is -1.83. The lowest BCUT2D eigenvalue weighted by Gasteiger charge is -2.28. The molecule has 1 saturated carbocycles. The van der Waals surface area contributed by atoms with Crippen molar-refractivity contribution in [2.45, 2.75) is 84.0 Å². The van der Waals surface area contributed by atoms with E-state index in [2.05, 4.69) is 6.92 Å². The van der Waals surface area contributed by atoms with Gasteiger partial charge in [0.1, 0.15) is 11.6 Å². The molecule has 1 fully saturated rings. The van der Waals surface area contributed by atoms with Gasteiger partial charge in [0, 0.05) is 0 Å². The Labute approximate surface area is 183 Å². The molecule has 0 unspecified atom stereocenters. The van der Waals surface area contributed by atoms with Crippen LogP contribution in [0.25, 0.3) is 11.1 Å². The van der Waals surface area contributed by atoms with Gasteiger partial charge in [0.2, 0.25) is 0 Å². The van der Waals surface area contributed by atoms with Crippen LogP contribution in [0.3, 0.4) is 0 Å². The first-order valence-corrected chi connectivity index (χ1v) is 12.2. The average molecular weight is 411 g/mol. The number of hydrogen-bond donors (Lipinski definition) is 0. The van der Waals surface area contributed by atoms with Gasteiger partial charge in [-0.05, 0) is 60.1 Å². The largest absolute Gasteiger partial charge is 0.494 e. The third kappa shape index (κ3) is 7.78. The van der Waals surface area contributed by atoms with Crippen LogP contribution in [0, 0.1) is 17.7 Å². The maximum absolute atomic E-state index is 13.1. The molecule has 0 saturated heterocycles. The zero-order valence-corrected chi connectivity index (χ0v) is 18.8. The fourth-order valence-corrected chi connectivity index (χ4v) is 4.79. The SMILES string of the molecule is CCCCCCCC1CCC(CCCOc2ccc(-c3ccc(F)cc3)cc2)CC1. The highest BCUT2D eigenvalue weighted by atomic mass is 19.1. The van der Waals surface area contributed by atoms with E-state index in [1.54, 1.807) is 0 Å². The van der Waals surface area contributed by atoms with E-state index < -0.39 is 0 Å². The molecule has 164 valence electrons. The molecule has 0 aliphatic heterocycles. The van der Waals surface area contributed by atoms with Gasteiger partial charge in [0.05, 0.1) is 6.61 Å². The first kappa shape index (κ1) is 22.8. The molecule has 1 aliphatic carbocycles. The number of ether oxygens (including phenoxy) is 1. The lowest BCUT2D eigenvalue weighted by Crippen LogP contribution is -2.15. The zero-order chi connectivity index (χ0) is 21.0. The van der Waals surface area contributed by atoms with Crippen LogP contribution in [-0.4, -0.2) is 6.61 Å². The molecule has 0 heterocycles. The van der Waals surface area contributed by atoms with E-state index in [1.807, 2.05) is 36.4 Å². The Balaban J connectivity index is 1.27. The summed E-state index contributed by atoms with van der Waals surface area (Å²) in [6.07, 6.45) is 16.7. The minimum Gasteiger partial charge on any atom is -0.494 e. The van der Waals surface area contributed by atoms with Crippen LogP contribution < -0.4 is 4.74 Å². The minimum atomic E-state index is -0.199. The monoisotopic (exact) mass is 410 g/mol. The van der Waals surface area contributed by atoms with Crippen LogP contribution in [0.4, 0.5) is 4.39 Å². The quantitative estimate of drug-likeness (QED) is 0.318. The third-order valence-electron chi connectivity index (χ3n) is 6.74. The molecule has 0 atom stereocenters. The van der Waals surface area contributed by atoms with Crippen molar-refractivity contribution in [3.63, 3.8) is 0 Å². The summed E-state index contributed by atoms with van der Waals surface area (Å²) in [6, 6.07) is 14.8. The van der Waals surface area contributed by atoms with Gasteiger partial charge in [-0.2, -0.15) is 0 Å². The van der Waals surface area contributed by atoms with E-state index in [0.29, 0.717) is 0 Å². The normalized spacial score (nSPS) is 19.0. The Morgan fingerprint density at radius 1 is 0.700 bits per heavy atom. The van der Waals surface area contributed by atoms with Crippen molar-refractivity contribution in [3.05, 3.63) is 54.3 Å². The topological polar surface area (TPSA) is 9.23 Å². The Morgan fingerprint density at radius 3 is 1.83 bits per heavy atom. The first-order chi connectivity index (χ1) is 14.7. The van der Waals surface area contributed by atoms with Gasteiger partial charge in [-0.1, -0.05) is 95.4 Å².